The Hall–Kier alpha value is -2.81. The van der Waals surface area contributed by atoms with Crippen LogP contribution in [0.2, 0.25) is 0 Å². The Labute approximate surface area is 160 Å². The molecule has 1 unspecified atom stereocenters. The standard InChI is InChI=1S/C21H25N5O/c1-24-15-18-17(7-4-8-19(18)23-24)21(27)26-11-5-10-25(12-13-26)20-9-3-2-6-16(20)14-22/h2-3,6,9,15,17H,4-5,7-8,10-13H2,1H3. The molecular weight excluding hydrogens is 338 g/mol. The molecule has 1 fully saturated rings. The topological polar surface area (TPSA) is 65.2 Å². The molecule has 1 saturated heterocycles. The second kappa shape index (κ2) is 7.43. The molecule has 0 N–H and O–H groups in total. The first-order chi connectivity index (χ1) is 13.2. The number of anilines is 1. The summed E-state index contributed by atoms with van der Waals surface area (Å²) in [5.74, 6) is 0.180. The summed E-state index contributed by atoms with van der Waals surface area (Å²) in [5.41, 5.74) is 3.87. The smallest absolute Gasteiger partial charge is 0.230 e. The van der Waals surface area contributed by atoms with Crippen molar-refractivity contribution in [2.75, 3.05) is 31.1 Å². The molecule has 27 heavy (non-hydrogen) atoms. The Kier molecular flexibility index (Phi) is 4.85. The third-order valence-corrected chi connectivity index (χ3v) is 5.69. The first-order valence-corrected chi connectivity index (χ1v) is 9.72. The number of rotatable bonds is 2. The van der Waals surface area contributed by atoms with Crippen LogP contribution in [0.4, 0.5) is 5.69 Å². The molecule has 2 aliphatic rings. The molecule has 0 spiro atoms. The summed E-state index contributed by atoms with van der Waals surface area (Å²) < 4.78 is 1.83. The van der Waals surface area contributed by atoms with E-state index in [-0.39, 0.29) is 11.8 Å². The minimum atomic E-state index is -0.0552. The van der Waals surface area contributed by atoms with Crippen molar-refractivity contribution in [1.82, 2.24) is 14.7 Å². The van der Waals surface area contributed by atoms with Crippen LogP contribution in [0.25, 0.3) is 0 Å². The maximum absolute atomic E-state index is 13.3. The summed E-state index contributed by atoms with van der Waals surface area (Å²) in [6.07, 6.45) is 5.84. The van der Waals surface area contributed by atoms with Gasteiger partial charge >= 0.3 is 0 Å². The number of carbonyl (C=O) groups excluding carboxylic acids is 1. The molecule has 4 rings (SSSR count). The van der Waals surface area contributed by atoms with Gasteiger partial charge in [-0.25, -0.2) is 0 Å². The van der Waals surface area contributed by atoms with Crippen LogP contribution in [0.3, 0.4) is 0 Å². The van der Waals surface area contributed by atoms with E-state index in [1.54, 1.807) is 0 Å². The van der Waals surface area contributed by atoms with Crippen molar-refractivity contribution >= 4 is 11.6 Å². The molecule has 6 heteroatoms. The lowest BCUT2D eigenvalue weighted by Gasteiger charge is -2.28. The quantitative estimate of drug-likeness (QED) is 0.822. The second-order valence-electron chi connectivity index (χ2n) is 7.44. The normalized spacial score (nSPS) is 19.9. The third-order valence-electron chi connectivity index (χ3n) is 5.69. The predicted octanol–water partition coefficient (Wildman–Crippen LogP) is 2.45. The summed E-state index contributed by atoms with van der Waals surface area (Å²) in [7, 11) is 1.93. The van der Waals surface area contributed by atoms with Crippen LogP contribution in [-0.2, 0) is 18.3 Å². The molecule has 1 atom stereocenters. The Balaban J connectivity index is 1.49. The van der Waals surface area contributed by atoms with Gasteiger partial charge in [0.1, 0.15) is 6.07 Å². The van der Waals surface area contributed by atoms with Crippen LogP contribution in [-0.4, -0.2) is 46.8 Å². The van der Waals surface area contributed by atoms with Gasteiger partial charge in [-0.1, -0.05) is 12.1 Å². The predicted molar refractivity (Wildman–Crippen MR) is 103 cm³/mol. The highest BCUT2D eigenvalue weighted by atomic mass is 16.2. The fourth-order valence-corrected chi connectivity index (χ4v) is 4.37. The SMILES string of the molecule is Cn1cc2c(n1)CCCC2C(=O)N1CCCN(c2ccccc2C#N)CC1. The number of amides is 1. The van der Waals surface area contributed by atoms with Crippen LogP contribution < -0.4 is 4.90 Å². The number of hydrogen-bond acceptors (Lipinski definition) is 4. The van der Waals surface area contributed by atoms with Gasteiger partial charge in [0.05, 0.1) is 22.9 Å². The van der Waals surface area contributed by atoms with Crippen molar-refractivity contribution in [3.8, 4) is 6.07 Å². The van der Waals surface area contributed by atoms with Gasteiger partial charge in [-0.2, -0.15) is 10.4 Å². The van der Waals surface area contributed by atoms with E-state index in [9.17, 15) is 10.1 Å². The van der Waals surface area contributed by atoms with E-state index in [2.05, 4.69) is 16.1 Å². The fraction of sp³-hybridized carbons (Fsp3) is 0.476. The number of para-hydroxylation sites is 1. The fourth-order valence-electron chi connectivity index (χ4n) is 4.37. The van der Waals surface area contributed by atoms with Gasteiger partial charge in [0.15, 0.2) is 0 Å². The molecule has 1 aromatic carbocycles. The largest absolute Gasteiger partial charge is 0.369 e. The Morgan fingerprint density at radius 3 is 2.89 bits per heavy atom. The Morgan fingerprint density at radius 2 is 2.04 bits per heavy atom. The molecule has 0 radical (unpaired) electrons. The van der Waals surface area contributed by atoms with E-state index in [0.717, 1.165) is 62.3 Å². The van der Waals surface area contributed by atoms with Gasteiger partial charge < -0.3 is 9.80 Å². The number of nitrogens with zero attached hydrogens (tertiary/aromatic N) is 5. The summed E-state index contributed by atoms with van der Waals surface area (Å²) in [6.45, 7) is 3.10. The van der Waals surface area contributed by atoms with Crippen molar-refractivity contribution in [2.45, 2.75) is 31.6 Å². The lowest BCUT2D eigenvalue weighted by molar-refractivity contribution is -0.133. The molecular formula is C21H25N5O. The first kappa shape index (κ1) is 17.6. The maximum atomic E-state index is 13.3. The molecule has 1 aliphatic carbocycles. The van der Waals surface area contributed by atoms with Crippen molar-refractivity contribution in [3.63, 3.8) is 0 Å². The van der Waals surface area contributed by atoms with Crippen molar-refractivity contribution in [2.24, 2.45) is 7.05 Å². The molecule has 0 bridgehead atoms. The number of aromatic nitrogens is 2. The van der Waals surface area contributed by atoms with E-state index in [1.165, 1.54) is 0 Å². The Morgan fingerprint density at radius 1 is 1.19 bits per heavy atom. The molecule has 6 nitrogen and oxygen atoms in total. The van der Waals surface area contributed by atoms with Gasteiger partial charge in [-0.05, 0) is 37.8 Å². The van der Waals surface area contributed by atoms with Crippen molar-refractivity contribution in [1.29, 1.82) is 5.26 Å². The molecule has 1 aliphatic heterocycles. The summed E-state index contributed by atoms with van der Waals surface area (Å²) in [4.78, 5) is 17.5. The molecule has 1 amide bonds. The highest BCUT2D eigenvalue weighted by molar-refractivity contribution is 5.84. The maximum Gasteiger partial charge on any atom is 0.230 e. The minimum absolute atomic E-state index is 0.0552. The van der Waals surface area contributed by atoms with E-state index < -0.39 is 0 Å². The van der Waals surface area contributed by atoms with Crippen molar-refractivity contribution in [3.05, 3.63) is 47.3 Å². The lowest BCUT2D eigenvalue weighted by Crippen LogP contribution is -2.39. The van der Waals surface area contributed by atoms with Crippen molar-refractivity contribution < 1.29 is 4.79 Å². The average molecular weight is 363 g/mol. The highest BCUT2D eigenvalue weighted by Gasteiger charge is 2.32. The van der Waals surface area contributed by atoms with Crippen LogP contribution in [0.1, 0.15) is 42.0 Å². The monoisotopic (exact) mass is 363 g/mol. The summed E-state index contributed by atoms with van der Waals surface area (Å²) in [5, 5.41) is 13.9. The third kappa shape index (κ3) is 3.42. The summed E-state index contributed by atoms with van der Waals surface area (Å²) in [6, 6.07) is 10.00. The molecule has 0 saturated carbocycles. The second-order valence-corrected chi connectivity index (χ2v) is 7.44. The molecule has 2 heterocycles. The molecule has 1 aromatic heterocycles. The minimum Gasteiger partial charge on any atom is -0.369 e. The highest BCUT2D eigenvalue weighted by Crippen LogP contribution is 2.32. The van der Waals surface area contributed by atoms with E-state index >= 15 is 0 Å². The molecule has 140 valence electrons. The number of hydrogen-bond donors (Lipinski definition) is 0. The van der Waals surface area contributed by atoms with Gasteiger partial charge in [0.2, 0.25) is 5.91 Å². The molecule has 2 aromatic rings. The average Bonchev–Trinajstić information content (AvgIpc) is 2.91. The van der Waals surface area contributed by atoms with Crippen LogP contribution in [0.5, 0.6) is 0 Å². The number of nitriles is 1. The van der Waals surface area contributed by atoms with Gasteiger partial charge in [0, 0.05) is 45.0 Å². The van der Waals surface area contributed by atoms with E-state index in [1.807, 2.05) is 47.1 Å². The first-order valence-electron chi connectivity index (χ1n) is 9.72. The van der Waals surface area contributed by atoms with Gasteiger partial charge in [0.25, 0.3) is 0 Å². The zero-order chi connectivity index (χ0) is 18.8. The Bertz CT molecular complexity index is 881. The zero-order valence-corrected chi connectivity index (χ0v) is 15.8. The number of aryl methyl sites for hydroxylation is 2. The van der Waals surface area contributed by atoms with E-state index in [0.29, 0.717) is 12.1 Å². The number of benzene rings is 1. The van der Waals surface area contributed by atoms with E-state index in [4.69, 9.17) is 0 Å². The van der Waals surface area contributed by atoms with Crippen LogP contribution >= 0.6 is 0 Å². The van der Waals surface area contributed by atoms with Gasteiger partial charge in [-0.3, -0.25) is 9.48 Å². The van der Waals surface area contributed by atoms with Gasteiger partial charge in [-0.15, -0.1) is 0 Å². The van der Waals surface area contributed by atoms with Crippen LogP contribution in [0.15, 0.2) is 30.5 Å². The zero-order valence-electron chi connectivity index (χ0n) is 15.8. The lowest BCUT2D eigenvalue weighted by atomic mass is 9.86. The summed E-state index contributed by atoms with van der Waals surface area (Å²) >= 11 is 0. The number of fused-ring (bicyclic) bond motifs is 1. The number of carbonyl (C=O) groups is 1. The van der Waals surface area contributed by atoms with Crippen LogP contribution in [0, 0.1) is 11.3 Å².